The van der Waals surface area contributed by atoms with Gasteiger partial charge < -0.3 is 15.0 Å². The number of amides is 1. The van der Waals surface area contributed by atoms with Gasteiger partial charge in [-0.05, 0) is 25.5 Å². The number of rotatable bonds is 5. The van der Waals surface area contributed by atoms with Gasteiger partial charge in [0.05, 0.1) is 18.0 Å². The lowest BCUT2D eigenvalue weighted by molar-refractivity contribution is -0.150. The van der Waals surface area contributed by atoms with Crippen LogP contribution in [0.25, 0.3) is 10.9 Å². The third-order valence-corrected chi connectivity index (χ3v) is 3.95. The van der Waals surface area contributed by atoms with E-state index in [1.165, 1.54) is 14.0 Å². The van der Waals surface area contributed by atoms with Gasteiger partial charge in [-0.15, -0.1) is 0 Å². The van der Waals surface area contributed by atoms with Crippen molar-refractivity contribution in [2.75, 3.05) is 7.11 Å². The molecule has 2 rings (SSSR count). The summed E-state index contributed by atoms with van der Waals surface area (Å²) in [6.45, 7) is 2.74. The van der Waals surface area contributed by atoms with Gasteiger partial charge in [0.1, 0.15) is 12.1 Å². The van der Waals surface area contributed by atoms with E-state index in [2.05, 4.69) is 15.0 Å². The third kappa shape index (κ3) is 3.22. The van der Waals surface area contributed by atoms with Gasteiger partial charge in [-0.1, -0.05) is 19.1 Å². The van der Waals surface area contributed by atoms with Crippen LogP contribution in [-0.4, -0.2) is 34.1 Å². The number of para-hydroxylation sites is 1. The van der Waals surface area contributed by atoms with Crippen LogP contribution in [0, 0.1) is 0 Å². The second kappa shape index (κ2) is 6.69. The monoisotopic (exact) mass is 333 g/mol. The summed E-state index contributed by atoms with van der Waals surface area (Å²) in [6.07, 6.45) is 0.300. The minimum absolute atomic E-state index is 0.300. The fourth-order valence-electron chi connectivity index (χ4n) is 2.34. The molecule has 0 fully saturated rings. The molecular weight excluding hydrogens is 314 g/mol. The van der Waals surface area contributed by atoms with Crippen molar-refractivity contribution in [2.45, 2.75) is 32.4 Å². The first-order valence-electron chi connectivity index (χ1n) is 7.43. The minimum Gasteiger partial charge on any atom is -0.467 e. The Labute approximate surface area is 137 Å². The number of esters is 1. The topological polar surface area (TPSA) is 110 Å². The maximum atomic E-state index is 12.4. The highest BCUT2D eigenvalue weighted by atomic mass is 16.5. The Morgan fingerprint density at radius 1 is 1.29 bits per heavy atom. The molecule has 0 bridgehead atoms. The molecule has 24 heavy (non-hydrogen) atoms. The van der Waals surface area contributed by atoms with Gasteiger partial charge in [0, 0.05) is 0 Å². The molecule has 2 N–H and O–H groups in total. The van der Waals surface area contributed by atoms with E-state index in [0.29, 0.717) is 17.3 Å². The number of hydrogen-bond donors (Lipinski definition) is 2. The maximum absolute atomic E-state index is 12.4. The first kappa shape index (κ1) is 17.5. The Hall–Kier alpha value is -2.90. The number of benzene rings is 1. The van der Waals surface area contributed by atoms with Gasteiger partial charge in [0.15, 0.2) is 0 Å². The summed E-state index contributed by atoms with van der Waals surface area (Å²) >= 11 is 0. The Morgan fingerprint density at radius 2 is 1.96 bits per heavy atom. The van der Waals surface area contributed by atoms with Crippen molar-refractivity contribution in [3.63, 3.8) is 0 Å². The molecule has 0 aliphatic heterocycles. The molecule has 0 radical (unpaired) electrons. The predicted octanol–water partition coefficient (Wildman–Crippen LogP) is 0.148. The summed E-state index contributed by atoms with van der Waals surface area (Å²) in [4.78, 5) is 51.0. The lowest BCUT2D eigenvalue weighted by Gasteiger charge is -2.26. The fraction of sp³-hybridized carbons (Fsp3) is 0.375. The molecule has 0 saturated carbocycles. The number of nitrogens with zero attached hydrogens (tertiary/aromatic N) is 1. The molecule has 0 spiro atoms. The van der Waals surface area contributed by atoms with Crippen LogP contribution in [0.4, 0.5) is 0 Å². The van der Waals surface area contributed by atoms with Crippen molar-refractivity contribution in [2.24, 2.45) is 0 Å². The van der Waals surface area contributed by atoms with Crippen LogP contribution in [-0.2, 0) is 20.9 Å². The van der Waals surface area contributed by atoms with Crippen molar-refractivity contribution in [1.29, 1.82) is 0 Å². The highest BCUT2D eigenvalue weighted by Crippen LogP contribution is 2.11. The molecule has 8 heteroatoms. The van der Waals surface area contributed by atoms with Crippen molar-refractivity contribution in [3.8, 4) is 0 Å². The van der Waals surface area contributed by atoms with Gasteiger partial charge in [-0.3, -0.25) is 14.2 Å². The summed E-state index contributed by atoms with van der Waals surface area (Å²) in [5, 5.41) is 2.82. The summed E-state index contributed by atoms with van der Waals surface area (Å²) in [5.74, 6) is -1.23. The van der Waals surface area contributed by atoms with E-state index in [9.17, 15) is 19.2 Å². The fourth-order valence-corrected chi connectivity index (χ4v) is 2.34. The van der Waals surface area contributed by atoms with Crippen molar-refractivity contribution >= 4 is 22.8 Å². The average molecular weight is 333 g/mol. The summed E-state index contributed by atoms with van der Waals surface area (Å²) in [5.41, 5.74) is -2.08. The largest absolute Gasteiger partial charge is 0.467 e. The molecular formula is C16H19N3O5. The molecule has 0 aliphatic carbocycles. The van der Waals surface area contributed by atoms with Crippen LogP contribution in [0.1, 0.15) is 20.3 Å². The molecule has 1 aromatic heterocycles. The number of hydrogen-bond acceptors (Lipinski definition) is 5. The number of fused-ring (bicyclic) bond motifs is 1. The second-order valence-electron chi connectivity index (χ2n) is 5.59. The van der Waals surface area contributed by atoms with Crippen LogP contribution >= 0.6 is 0 Å². The van der Waals surface area contributed by atoms with Crippen molar-refractivity contribution in [1.82, 2.24) is 14.9 Å². The molecule has 0 saturated heterocycles. The van der Waals surface area contributed by atoms with Crippen LogP contribution in [0.5, 0.6) is 0 Å². The van der Waals surface area contributed by atoms with Crippen LogP contribution in [0.2, 0.25) is 0 Å². The van der Waals surface area contributed by atoms with E-state index < -0.39 is 35.2 Å². The molecule has 1 unspecified atom stereocenters. The number of nitrogens with one attached hydrogen (secondary N) is 2. The number of aromatic nitrogens is 2. The van der Waals surface area contributed by atoms with E-state index in [-0.39, 0.29) is 0 Å². The van der Waals surface area contributed by atoms with Crippen LogP contribution in [0.3, 0.4) is 0 Å². The third-order valence-electron chi connectivity index (χ3n) is 3.95. The number of methoxy groups -OCH3 is 1. The summed E-state index contributed by atoms with van der Waals surface area (Å²) < 4.78 is 5.47. The van der Waals surface area contributed by atoms with Gasteiger partial charge in [-0.2, -0.15) is 0 Å². The van der Waals surface area contributed by atoms with Crippen molar-refractivity contribution in [3.05, 3.63) is 45.1 Å². The number of H-pyrrole nitrogens is 1. The van der Waals surface area contributed by atoms with Gasteiger partial charge in [0.2, 0.25) is 5.91 Å². The molecule has 8 nitrogen and oxygen atoms in total. The second-order valence-corrected chi connectivity index (χ2v) is 5.59. The number of carbonyl (C=O) groups excluding carboxylic acids is 2. The predicted molar refractivity (Wildman–Crippen MR) is 87.7 cm³/mol. The standard InChI is InChI=1S/C16H19N3O5/c1-4-16(2,14(22)24-3)18-12(20)9-19-13(21)10-7-5-6-8-11(10)17-15(19)23/h5-8H,4,9H2,1-3H3,(H,17,23)(H,18,20). The normalized spacial score (nSPS) is 13.3. The van der Waals surface area contributed by atoms with Crippen LogP contribution in [0.15, 0.2) is 33.9 Å². The summed E-state index contributed by atoms with van der Waals surface area (Å²) in [6, 6.07) is 6.52. The average Bonchev–Trinajstić information content (AvgIpc) is 2.57. The zero-order chi connectivity index (χ0) is 17.9. The van der Waals surface area contributed by atoms with Gasteiger partial charge >= 0.3 is 11.7 Å². The number of aromatic amines is 1. The van der Waals surface area contributed by atoms with E-state index in [0.717, 1.165) is 4.57 Å². The lowest BCUT2D eigenvalue weighted by atomic mass is 9.99. The molecule has 1 heterocycles. The van der Waals surface area contributed by atoms with Gasteiger partial charge in [-0.25, -0.2) is 9.59 Å². The Balaban J connectivity index is 2.33. The lowest BCUT2D eigenvalue weighted by Crippen LogP contribution is -2.54. The highest BCUT2D eigenvalue weighted by Gasteiger charge is 2.34. The minimum atomic E-state index is -1.22. The van der Waals surface area contributed by atoms with Crippen LogP contribution < -0.4 is 16.6 Å². The zero-order valence-electron chi connectivity index (χ0n) is 13.7. The first-order chi connectivity index (χ1) is 11.3. The van der Waals surface area contributed by atoms with E-state index >= 15 is 0 Å². The smallest absolute Gasteiger partial charge is 0.331 e. The SMILES string of the molecule is CCC(C)(NC(=O)Cn1c(=O)[nH]c2ccccc2c1=O)C(=O)OC. The molecule has 2 aromatic rings. The Morgan fingerprint density at radius 3 is 2.58 bits per heavy atom. The molecule has 0 aliphatic rings. The quantitative estimate of drug-likeness (QED) is 0.757. The molecule has 1 atom stereocenters. The molecule has 1 amide bonds. The number of carbonyl (C=O) groups is 2. The van der Waals surface area contributed by atoms with E-state index in [4.69, 9.17) is 0 Å². The Bertz CT molecular complexity index is 898. The first-order valence-corrected chi connectivity index (χ1v) is 7.43. The number of ether oxygens (including phenoxy) is 1. The van der Waals surface area contributed by atoms with E-state index in [1.807, 2.05) is 0 Å². The summed E-state index contributed by atoms with van der Waals surface area (Å²) in [7, 11) is 1.22. The van der Waals surface area contributed by atoms with Crippen molar-refractivity contribution < 1.29 is 14.3 Å². The van der Waals surface area contributed by atoms with Gasteiger partial charge in [0.25, 0.3) is 5.56 Å². The molecule has 128 valence electrons. The Kier molecular flexibility index (Phi) is 4.87. The zero-order valence-corrected chi connectivity index (χ0v) is 13.7. The van der Waals surface area contributed by atoms with E-state index in [1.54, 1.807) is 31.2 Å². The highest BCUT2D eigenvalue weighted by molar-refractivity contribution is 5.87. The maximum Gasteiger partial charge on any atom is 0.331 e. The molecule has 1 aromatic carbocycles.